The number of nitrogens with zero attached hydrogens (tertiary/aromatic N) is 2. The predicted octanol–water partition coefficient (Wildman–Crippen LogP) is 14.9. The summed E-state index contributed by atoms with van der Waals surface area (Å²) in [6, 6.07) is 68.9. The zero-order valence-corrected chi connectivity index (χ0v) is 30.2. The van der Waals surface area contributed by atoms with Gasteiger partial charge in [-0.15, -0.1) is 0 Å². The Bertz CT molecular complexity index is 3440. The third kappa shape index (κ3) is 4.53. The van der Waals surface area contributed by atoms with Crippen LogP contribution in [0.5, 0.6) is 0 Å². The van der Waals surface area contributed by atoms with Crippen LogP contribution in [0.25, 0.3) is 93.3 Å². The van der Waals surface area contributed by atoms with Crippen molar-refractivity contribution in [3.8, 4) is 16.8 Å². The standard InChI is InChI=1S/C52H32N2O2/c1-2-15-39-33(12-1)28-31-44-50-38(19-11-25-49(50)56-51(39)44)34-26-29-35(30-27-34)53(47-23-10-20-43-42-18-5-8-24-48(42)55-52(43)47)36-13-9-14-37(32-36)54-45-21-6-3-16-40(45)41-17-4-7-22-46(41)54/h1-32H. The summed E-state index contributed by atoms with van der Waals surface area (Å²) in [5, 5.41) is 9.22. The van der Waals surface area contributed by atoms with E-state index in [2.05, 4.69) is 191 Å². The molecule has 0 saturated carbocycles. The maximum absolute atomic E-state index is 6.67. The first-order valence-electron chi connectivity index (χ1n) is 19.0. The molecule has 0 bridgehead atoms. The highest BCUT2D eigenvalue weighted by Gasteiger charge is 2.21. The molecule has 9 aromatic carbocycles. The molecular formula is C52H32N2O2. The van der Waals surface area contributed by atoms with Gasteiger partial charge < -0.3 is 18.3 Å². The molecule has 0 spiro atoms. The lowest BCUT2D eigenvalue weighted by Gasteiger charge is -2.26. The number of aromatic nitrogens is 1. The first-order chi connectivity index (χ1) is 27.8. The zero-order valence-electron chi connectivity index (χ0n) is 30.2. The van der Waals surface area contributed by atoms with Crippen LogP contribution in [0, 0.1) is 0 Å². The van der Waals surface area contributed by atoms with Crippen LogP contribution in [-0.4, -0.2) is 4.57 Å². The molecule has 0 aliphatic carbocycles. The first-order valence-corrected chi connectivity index (χ1v) is 19.0. The van der Waals surface area contributed by atoms with E-state index in [1.165, 1.54) is 27.2 Å². The molecule has 4 heteroatoms. The number of anilines is 3. The average Bonchev–Trinajstić information content (AvgIpc) is 3.95. The maximum atomic E-state index is 6.67. The monoisotopic (exact) mass is 716 g/mol. The van der Waals surface area contributed by atoms with Gasteiger partial charge in [-0.3, -0.25) is 0 Å². The second-order valence-electron chi connectivity index (χ2n) is 14.5. The van der Waals surface area contributed by atoms with Crippen molar-refractivity contribution in [3.63, 3.8) is 0 Å². The lowest BCUT2D eigenvalue weighted by molar-refractivity contribution is 0.669. The molecule has 0 atom stereocenters. The minimum absolute atomic E-state index is 0.849. The molecule has 12 aromatic rings. The SMILES string of the molecule is c1cc(N(c2ccc(-c3cccc4oc5c6ccccc6ccc5c34)cc2)c2cccc3c2oc2ccccc23)cc(-n2c3ccccc3c3ccccc32)c1. The summed E-state index contributed by atoms with van der Waals surface area (Å²) in [7, 11) is 0. The van der Waals surface area contributed by atoms with Gasteiger partial charge in [0.2, 0.25) is 0 Å². The van der Waals surface area contributed by atoms with Crippen molar-refractivity contribution < 1.29 is 8.83 Å². The van der Waals surface area contributed by atoms with Gasteiger partial charge in [0.25, 0.3) is 0 Å². The highest BCUT2D eigenvalue weighted by Crippen LogP contribution is 2.45. The molecule has 0 radical (unpaired) electrons. The van der Waals surface area contributed by atoms with Crippen LogP contribution in [0.15, 0.2) is 203 Å². The van der Waals surface area contributed by atoms with Gasteiger partial charge in [-0.05, 0) is 83.2 Å². The number of benzene rings is 9. The van der Waals surface area contributed by atoms with E-state index in [1.807, 2.05) is 12.1 Å². The Morgan fingerprint density at radius 3 is 1.86 bits per heavy atom. The minimum Gasteiger partial charge on any atom is -0.455 e. The maximum Gasteiger partial charge on any atom is 0.159 e. The fourth-order valence-electron chi connectivity index (χ4n) is 8.89. The van der Waals surface area contributed by atoms with Crippen LogP contribution in [0.2, 0.25) is 0 Å². The first kappa shape index (κ1) is 30.9. The van der Waals surface area contributed by atoms with Gasteiger partial charge >= 0.3 is 0 Å². The Morgan fingerprint density at radius 2 is 1.04 bits per heavy atom. The van der Waals surface area contributed by atoms with Crippen LogP contribution in [0.3, 0.4) is 0 Å². The topological polar surface area (TPSA) is 34.5 Å². The lowest BCUT2D eigenvalue weighted by Crippen LogP contribution is -2.11. The Kier molecular flexibility index (Phi) is 6.60. The number of hydrogen-bond donors (Lipinski definition) is 0. The molecular weight excluding hydrogens is 685 g/mol. The van der Waals surface area contributed by atoms with E-state index in [4.69, 9.17) is 8.83 Å². The van der Waals surface area contributed by atoms with E-state index < -0.39 is 0 Å². The molecule has 262 valence electrons. The molecule has 0 unspecified atom stereocenters. The third-order valence-electron chi connectivity index (χ3n) is 11.4. The van der Waals surface area contributed by atoms with Gasteiger partial charge in [0.1, 0.15) is 16.7 Å². The average molecular weight is 717 g/mol. The van der Waals surface area contributed by atoms with Crippen molar-refractivity contribution in [1.82, 2.24) is 4.57 Å². The molecule has 56 heavy (non-hydrogen) atoms. The van der Waals surface area contributed by atoms with Crippen molar-refractivity contribution in [2.45, 2.75) is 0 Å². The molecule has 0 saturated heterocycles. The Labute approximate surface area is 321 Å². The number of hydrogen-bond acceptors (Lipinski definition) is 3. The van der Waals surface area contributed by atoms with Crippen LogP contribution in [0.1, 0.15) is 0 Å². The van der Waals surface area contributed by atoms with Crippen LogP contribution < -0.4 is 4.90 Å². The predicted molar refractivity (Wildman–Crippen MR) is 233 cm³/mol. The van der Waals surface area contributed by atoms with Gasteiger partial charge in [0.15, 0.2) is 5.58 Å². The van der Waals surface area contributed by atoms with Crippen LogP contribution in [-0.2, 0) is 0 Å². The van der Waals surface area contributed by atoms with Gasteiger partial charge in [-0.25, -0.2) is 0 Å². The Balaban J connectivity index is 1.05. The van der Waals surface area contributed by atoms with Gasteiger partial charge in [-0.2, -0.15) is 0 Å². The molecule has 0 aliphatic heterocycles. The molecule has 3 heterocycles. The molecule has 3 aromatic heterocycles. The minimum atomic E-state index is 0.849. The number of fused-ring (bicyclic) bond motifs is 11. The smallest absolute Gasteiger partial charge is 0.159 e. The van der Waals surface area contributed by atoms with Crippen molar-refractivity contribution >= 4 is 93.5 Å². The number of furan rings is 2. The molecule has 0 aliphatic rings. The third-order valence-corrected chi connectivity index (χ3v) is 11.4. The van der Waals surface area contributed by atoms with Crippen LogP contribution in [0.4, 0.5) is 17.1 Å². The molecule has 0 amide bonds. The highest BCUT2D eigenvalue weighted by molar-refractivity contribution is 6.19. The van der Waals surface area contributed by atoms with Gasteiger partial charge in [0, 0.05) is 54.8 Å². The fourth-order valence-corrected chi connectivity index (χ4v) is 8.89. The summed E-state index contributed by atoms with van der Waals surface area (Å²) in [5.74, 6) is 0. The second kappa shape index (κ2) is 12.0. The van der Waals surface area contributed by atoms with Gasteiger partial charge in [0.05, 0.1) is 16.7 Å². The summed E-state index contributed by atoms with van der Waals surface area (Å²) in [6.45, 7) is 0. The van der Waals surface area contributed by atoms with E-state index in [9.17, 15) is 0 Å². The zero-order chi connectivity index (χ0) is 36.7. The quantitative estimate of drug-likeness (QED) is 0.178. The molecule has 12 rings (SSSR count). The molecule has 0 N–H and O–H groups in total. The highest BCUT2D eigenvalue weighted by atomic mass is 16.3. The van der Waals surface area contributed by atoms with Crippen molar-refractivity contribution in [2.24, 2.45) is 0 Å². The van der Waals surface area contributed by atoms with E-state index in [1.54, 1.807) is 0 Å². The Morgan fingerprint density at radius 1 is 0.393 bits per heavy atom. The second-order valence-corrected chi connectivity index (χ2v) is 14.5. The molecule has 4 nitrogen and oxygen atoms in total. The van der Waals surface area contributed by atoms with E-state index in [0.717, 1.165) is 83.1 Å². The summed E-state index contributed by atoms with van der Waals surface area (Å²) >= 11 is 0. The summed E-state index contributed by atoms with van der Waals surface area (Å²) in [4.78, 5) is 2.33. The number of para-hydroxylation sites is 4. The van der Waals surface area contributed by atoms with Crippen molar-refractivity contribution in [2.75, 3.05) is 4.90 Å². The van der Waals surface area contributed by atoms with Crippen LogP contribution >= 0.6 is 0 Å². The van der Waals surface area contributed by atoms with Crippen molar-refractivity contribution in [1.29, 1.82) is 0 Å². The van der Waals surface area contributed by atoms with Gasteiger partial charge in [-0.1, -0.05) is 127 Å². The summed E-state index contributed by atoms with van der Waals surface area (Å²) in [5.41, 5.74) is 12.3. The summed E-state index contributed by atoms with van der Waals surface area (Å²) in [6.07, 6.45) is 0. The largest absolute Gasteiger partial charge is 0.455 e. The van der Waals surface area contributed by atoms with Crippen molar-refractivity contribution in [3.05, 3.63) is 194 Å². The molecule has 0 fully saturated rings. The number of rotatable bonds is 5. The van der Waals surface area contributed by atoms with E-state index in [0.29, 0.717) is 0 Å². The summed E-state index contributed by atoms with van der Waals surface area (Å²) < 4.78 is 15.6. The normalized spacial score (nSPS) is 11.9. The van der Waals surface area contributed by atoms with E-state index in [-0.39, 0.29) is 0 Å². The Hall–Kier alpha value is -7.56. The lowest BCUT2D eigenvalue weighted by atomic mass is 9.98. The van der Waals surface area contributed by atoms with E-state index >= 15 is 0 Å². The fraction of sp³-hybridized carbons (Fsp3) is 0.